The predicted octanol–water partition coefficient (Wildman–Crippen LogP) is 6.06. The first-order chi connectivity index (χ1) is 13.0. The molecule has 28 heavy (non-hydrogen) atoms. The molecular formula is C25H35NO2. The fraction of sp³-hybridized carbons (Fsp3) is 0.480. The van der Waals surface area contributed by atoms with Crippen molar-refractivity contribution in [1.82, 2.24) is 5.32 Å². The fourth-order valence-corrected chi connectivity index (χ4v) is 3.15. The van der Waals surface area contributed by atoms with Crippen LogP contribution in [0, 0.1) is 6.92 Å². The first-order valence-electron chi connectivity index (χ1n) is 10.2. The SMILES string of the molecule is Cc1ccc(C(C)C)c(O[C@@H](C)C(=O)N[C@H](C)c2ccc(C(C)(C)C)cc2)c1. The monoisotopic (exact) mass is 381 g/mol. The van der Waals surface area contributed by atoms with E-state index in [1.807, 2.05) is 19.9 Å². The normalized spacial score (nSPS) is 13.9. The van der Waals surface area contributed by atoms with Crippen molar-refractivity contribution in [2.24, 2.45) is 0 Å². The number of aryl methyl sites for hydroxylation is 1. The van der Waals surface area contributed by atoms with Gasteiger partial charge in [-0.05, 0) is 60.4 Å². The molecule has 0 radical (unpaired) electrons. The molecule has 2 atom stereocenters. The van der Waals surface area contributed by atoms with Gasteiger partial charge >= 0.3 is 0 Å². The van der Waals surface area contributed by atoms with Gasteiger partial charge in [0.05, 0.1) is 6.04 Å². The molecule has 0 fully saturated rings. The van der Waals surface area contributed by atoms with Gasteiger partial charge in [-0.2, -0.15) is 0 Å². The van der Waals surface area contributed by atoms with Crippen molar-refractivity contribution in [3.63, 3.8) is 0 Å². The van der Waals surface area contributed by atoms with Gasteiger partial charge in [0.1, 0.15) is 5.75 Å². The summed E-state index contributed by atoms with van der Waals surface area (Å²) in [4.78, 5) is 12.7. The van der Waals surface area contributed by atoms with E-state index in [-0.39, 0.29) is 17.4 Å². The highest BCUT2D eigenvalue weighted by Gasteiger charge is 2.20. The minimum atomic E-state index is -0.560. The van der Waals surface area contributed by atoms with Crippen LogP contribution in [-0.2, 0) is 10.2 Å². The molecule has 0 saturated carbocycles. The molecular weight excluding hydrogens is 346 g/mol. The lowest BCUT2D eigenvalue weighted by Crippen LogP contribution is -2.38. The van der Waals surface area contributed by atoms with E-state index in [1.165, 1.54) is 5.56 Å². The first kappa shape index (κ1) is 22.0. The fourth-order valence-electron chi connectivity index (χ4n) is 3.15. The number of carbonyl (C=O) groups is 1. The summed E-state index contributed by atoms with van der Waals surface area (Å²) >= 11 is 0. The van der Waals surface area contributed by atoms with Crippen LogP contribution in [0.25, 0.3) is 0 Å². The number of rotatable bonds is 6. The quantitative estimate of drug-likeness (QED) is 0.660. The van der Waals surface area contributed by atoms with E-state index in [0.717, 1.165) is 22.4 Å². The second-order valence-electron chi connectivity index (χ2n) is 9.06. The van der Waals surface area contributed by atoms with Crippen LogP contribution in [0.3, 0.4) is 0 Å². The Morgan fingerprint density at radius 3 is 2.11 bits per heavy atom. The number of carbonyl (C=O) groups excluding carboxylic acids is 1. The Morgan fingerprint density at radius 1 is 0.964 bits per heavy atom. The van der Waals surface area contributed by atoms with Gasteiger partial charge in [0.15, 0.2) is 6.10 Å². The molecule has 3 nitrogen and oxygen atoms in total. The van der Waals surface area contributed by atoms with Crippen LogP contribution in [0.5, 0.6) is 5.75 Å². The summed E-state index contributed by atoms with van der Waals surface area (Å²) in [6, 6.07) is 14.6. The van der Waals surface area contributed by atoms with Crippen molar-refractivity contribution < 1.29 is 9.53 Å². The zero-order valence-corrected chi connectivity index (χ0v) is 18.6. The number of hydrogen-bond donors (Lipinski definition) is 1. The van der Waals surface area contributed by atoms with Gasteiger partial charge in [-0.1, -0.05) is 71.0 Å². The van der Waals surface area contributed by atoms with Crippen molar-refractivity contribution >= 4 is 5.91 Å². The smallest absolute Gasteiger partial charge is 0.261 e. The van der Waals surface area contributed by atoms with Crippen molar-refractivity contribution in [3.05, 3.63) is 64.7 Å². The van der Waals surface area contributed by atoms with Crippen LogP contribution < -0.4 is 10.1 Å². The Kier molecular flexibility index (Phi) is 6.92. The summed E-state index contributed by atoms with van der Waals surface area (Å²) in [6.45, 7) is 16.7. The molecule has 2 aromatic rings. The molecule has 0 aliphatic rings. The number of hydrogen-bond acceptors (Lipinski definition) is 2. The van der Waals surface area contributed by atoms with Crippen LogP contribution in [0.2, 0.25) is 0 Å². The highest BCUT2D eigenvalue weighted by molar-refractivity contribution is 5.81. The third kappa shape index (κ3) is 5.60. The second-order valence-corrected chi connectivity index (χ2v) is 9.06. The number of amides is 1. The van der Waals surface area contributed by atoms with E-state index in [1.54, 1.807) is 6.92 Å². The van der Waals surface area contributed by atoms with Crippen molar-refractivity contribution in [2.75, 3.05) is 0 Å². The lowest BCUT2D eigenvalue weighted by molar-refractivity contribution is -0.127. The average Bonchev–Trinajstić information content (AvgIpc) is 2.60. The highest BCUT2D eigenvalue weighted by atomic mass is 16.5. The molecule has 0 aliphatic heterocycles. The number of nitrogens with one attached hydrogen (secondary N) is 1. The van der Waals surface area contributed by atoms with Gasteiger partial charge < -0.3 is 10.1 Å². The maximum absolute atomic E-state index is 12.7. The van der Waals surface area contributed by atoms with E-state index in [9.17, 15) is 4.79 Å². The lowest BCUT2D eigenvalue weighted by atomic mass is 9.86. The standard InChI is InChI=1S/C25H35NO2/c1-16(2)22-14-9-17(3)15-23(22)28-19(5)24(27)26-18(4)20-10-12-21(13-11-20)25(6,7)8/h9-16,18-19H,1-8H3,(H,26,27)/t18-,19+/m1/s1. The largest absolute Gasteiger partial charge is 0.481 e. The molecule has 152 valence electrons. The summed E-state index contributed by atoms with van der Waals surface area (Å²) in [6.07, 6.45) is -0.560. The number of benzene rings is 2. The van der Waals surface area contributed by atoms with E-state index in [2.05, 4.69) is 76.3 Å². The van der Waals surface area contributed by atoms with Crippen LogP contribution in [0.15, 0.2) is 42.5 Å². The van der Waals surface area contributed by atoms with E-state index < -0.39 is 6.10 Å². The Hall–Kier alpha value is -2.29. The van der Waals surface area contributed by atoms with Crippen molar-refractivity contribution in [3.8, 4) is 5.75 Å². The predicted molar refractivity (Wildman–Crippen MR) is 117 cm³/mol. The Bertz CT molecular complexity index is 800. The topological polar surface area (TPSA) is 38.3 Å². The summed E-state index contributed by atoms with van der Waals surface area (Å²) < 4.78 is 6.04. The molecule has 1 amide bonds. The van der Waals surface area contributed by atoms with Crippen molar-refractivity contribution in [2.45, 2.75) is 78.9 Å². The van der Waals surface area contributed by atoms with Gasteiger partial charge in [-0.3, -0.25) is 4.79 Å². The molecule has 0 unspecified atom stereocenters. The van der Waals surface area contributed by atoms with Gasteiger partial charge in [0, 0.05) is 0 Å². The zero-order valence-electron chi connectivity index (χ0n) is 18.6. The summed E-state index contributed by atoms with van der Waals surface area (Å²) in [5.41, 5.74) is 4.74. The molecule has 1 N–H and O–H groups in total. The van der Waals surface area contributed by atoms with E-state index in [4.69, 9.17) is 4.74 Å². The molecule has 0 bridgehead atoms. The molecule has 0 spiro atoms. The van der Waals surface area contributed by atoms with Crippen LogP contribution in [-0.4, -0.2) is 12.0 Å². The minimum absolute atomic E-state index is 0.0744. The second kappa shape index (κ2) is 8.81. The molecule has 3 heteroatoms. The molecule has 2 rings (SSSR count). The Labute approximate surface area is 170 Å². The van der Waals surface area contributed by atoms with E-state index in [0.29, 0.717) is 5.92 Å². The van der Waals surface area contributed by atoms with Gasteiger partial charge in [0.2, 0.25) is 0 Å². The summed E-state index contributed by atoms with van der Waals surface area (Å²) in [5.74, 6) is 1.02. The van der Waals surface area contributed by atoms with Gasteiger partial charge in [-0.15, -0.1) is 0 Å². The van der Waals surface area contributed by atoms with Crippen LogP contribution >= 0.6 is 0 Å². The number of ether oxygens (including phenoxy) is 1. The average molecular weight is 382 g/mol. The van der Waals surface area contributed by atoms with Crippen molar-refractivity contribution in [1.29, 1.82) is 0 Å². The Balaban J connectivity index is 2.05. The summed E-state index contributed by atoms with van der Waals surface area (Å²) in [5, 5.41) is 3.07. The van der Waals surface area contributed by atoms with Crippen LogP contribution in [0.4, 0.5) is 0 Å². The zero-order chi connectivity index (χ0) is 21.1. The molecule has 0 saturated heterocycles. The van der Waals surface area contributed by atoms with E-state index >= 15 is 0 Å². The van der Waals surface area contributed by atoms with Gasteiger partial charge in [-0.25, -0.2) is 0 Å². The highest BCUT2D eigenvalue weighted by Crippen LogP contribution is 2.28. The summed E-state index contributed by atoms with van der Waals surface area (Å²) in [7, 11) is 0. The van der Waals surface area contributed by atoms with Crippen LogP contribution in [0.1, 0.15) is 82.7 Å². The Morgan fingerprint density at radius 2 is 1.57 bits per heavy atom. The first-order valence-corrected chi connectivity index (χ1v) is 10.2. The minimum Gasteiger partial charge on any atom is -0.481 e. The maximum atomic E-state index is 12.7. The molecule has 0 heterocycles. The third-order valence-electron chi connectivity index (χ3n) is 5.10. The lowest BCUT2D eigenvalue weighted by Gasteiger charge is -2.23. The third-order valence-corrected chi connectivity index (χ3v) is 5.10. The molecule has 0 aliphatic carbocycles. The molecule has 2 aromatic carbocycles. The van der Waals surface area contributed by atoms with Gasteiger partial charge in [0.25, 0.3) is 5.91 Å². The molecule has 0 aromatic heterocycles. The maximum Gasteiger partial charge on any atom is 0.261 e.